The SMILES string of the molecule is Cc1cn(CCNCCN(C)C)c2ccccc12. The summed E-state index contributed by atoms with van der Waals surface area (Å²) in [6.45, 7) is 6.36. The first-order valence-electron chi connectivity index (χ1n) is 6.58. The zero-order valence-corrected chi connectivity index (χ0v) is 11.6. The molecule has 3 nitrogen and oxygen atoms in total. The number of benzene rings is 1. The van der Waals surface area contributed by atoms with Gasteiger partial charge in [-0.3, -0.25) is 0 Å². The second-order valence-corrected chi connectivity index (χ2v) is 5.08. The third-order valence-corrected chi connectivity index (χ3v) is 3.25. The topological polar surface area (TPSA) is 20.2 Å². The lowest BCUT2D eigenvalue weighted by Gasteiger charge is -2.11. The van der Waals surface area contributed by atoms with Crippen LogP contribution in [0.25, 0.3) is 10.9 Å². The van der Waals surface area contributed by atoms with Crippen LogP contribution in [-0.2, 0) is 6.54 Å². The average Bonchev–Trinajstić information content (AvgIpc) is 2.66. The van der Waals surface area contributed by atoms with E-state index in [-0.39, 0.29) is 0 Å². The van der Waals surface area contributed by atoms with E-state index in [1.165, 1.54) is 16.5 Å². The number of aromatic nitrogens is 1. The summed E-state index contributed by atoms with van der Waals surface area (Å²) in [5.41, 5.74) is 2.70. The van der Waals surface area contributed by atoms with Crippen LogP contribution in [0, 0.1) is 6.92 Å². The Hall–Kier alpha value is -1.32. The molecule has 0 aliphatic carbocycles. The van der Waals surface area contributed by atoms with Gasteiger partial charge in [0.05, 0.1) is 0 Å². The van der Waals surface area contributed by atoms with Gasteiger partial charge >= 0.3 is 0 Å². The Morgan fingerprint density at radius 3 is 2.72 bits per heavy atom. The molecule has 0 unspecified atom stereocenters. The van der Waals surface area contributed by atoms with Gasteiger partial charge in [-0.05, 0) is 32.6 Å². The molecule has 0 amide bonds. The third-order valence-electron chi connectivity index (χ3n) is 3.25. The first kappa shape index (κ1) is 13.1. The van der Waals surface area contributed by atoms with E-state index in [1.54, 1.807) is 0 Å². The fourth-order valence-corrected chi connectivity index (χ4v) is 2.24. The number of nitrogens with zero attached hydrogens (tertiary/aromatic N) is 2. The van der Waals surface area contributed by atoms with Gasteiger partial charge in [0, 0.05) is 43.3 Å². The van der Waals surface area contributed by atoms with Crippen molar-refractivity contribution >= 4 is 10.9 Å². The maximum atomic E-state index is 3.48. The molecular weight excluding hydrogens is 222 g/mol. The van der Waals surface area contributed by atoms with Crippen LogP contribution >= 0.6 is 0 Å². The number of likely N-dealkylation sites (N-methyl/N-ethyl adjacent to an activating group) is 1. The quantitative estimate of drug-likeness (QED) is 0.787. The van der Waals surface area contributed by atoms with E-state index < -0.39 is 0 Å². The minimum atomic E-state index is 1.02. The van der Waals surface area contributed by atoms with Crippen molar-refractivity contribution in [1.82, 2.24) is 14.8 Å². The minimum Gasteiger partial charge on any atom is -0.346 e. The third kappa shape index (κ3) is 3.12. The molecule has 0 atom stereocenters. The standard InChI is InChI=1S/C15H23N3/c1-13-12-18(11-9-16-8-10-17(2)3)15-7-5-4-6-14(13)15/h4-7,12,16H,8-11H2,1-3H3. The number of hydrogen-bond acceptors (Lipinski definition) is 2. The second kappa shape index (κ2) is 6.03. The molecule has 0 radical (unpaired) electrons. The summed E-state index contributed by atoms with van der Waals surface area (Å²) in [5, 5.41) is 4.84. The van der Waals surface area contributed by atoms with E-state index in [2.05, 4.69) is 66.3 Å². The predicted octanol–water partition coefficient (Wildman–Crippen LogP) is 2.10. The Labute approximate surface area is 109 Å². The first-order chi connectivity index (χ1) is 8.68. The van der Waals surface area contributed by atoms with Gasteiger partial charge in [-0.25, -0.2) is 0 Å². The van der Waals surface area contributed by atoms with Crippen LogP contribution in [0.5, 0.6) is 0 Å². The maximum Gasteiger partial charge on any atom is 0.0483 e. The van der Waals surface area contributed by atoms with Crippen LogP contribution in [0.15, 0.2) is 30.5 Å². The van der Waals surface area contributed by atoms with Crippen LogP contribution in [-0.4, -0.2) is 43.2 Å². The van der Waals surface area contributed by atoms with Crippen molar-refractivity contribution in [3.63, 3.8) is 0 Å². The molecule has 0 spiro atoms. The van der Waals surface area contributed by atoms with E-state index in [4.69, 9.17) is 0 Å². The summed E-state index contributed by atoms with van der Waals surface area (Å²) in [5.74, 6) is 0. The lowest BCUT2D eigenvalue weighted by Crippen LogP contribution is -2.28. The first-order valence-corrected chi connectivity index (χ1v) is 6.58. The molecule has 3 heteroatoms. The molecule has 0 saturated heterocycles. The van der Waals surface area contributed by atoms with Crippen molar-refractivity contribution in [2.24, 2.45) is 0 Å². The molecule has 98 valence electrons. The molecule has 0 bridgehead atoms. The van der Waals surface area contributed by atoms with Crippen LogP contribution in [0.4, 0.5) is 0 Å². The molecule has 0 aliphatic heterocycles. The lowest BCUT2D eigenvalue weighted by atomic mass is 10.2. The highest BCUT2D eigenvalue weighted by atomic mass is 15.1. The minimum absolute atomic E-state index is 1.02. The van der Waals surface area contributed by atoms with Crippen molar-refractivity contribution in [2.45, 2.75) is 13.5 Å². The van der Waals surface area contributed by atoms with Crippen molar-refractivity contribution in [2.75, 3.05) is 33.7 Å². The Morgan fingerprint density at radius 2 is 1.94 bits per heavy atom. The van der Waals surface area contributed by atoms with E-state index in [0.717, 1.165) is 26.2 Å². The average molecular weight is 245 g/mol. The van der Waals surface area contributed by atoms with Gasteiger partial charge in [0.2, 0.25) is 0 Å². The van der Waals surface area contributed by atoms with Gasteiger partial charge in [0.1, 0.15) is 0 Å². The fourth-order valence-electron chi connectivity index (χ4n) is 2.24. The summed E-state index contributed by atoms with van der Waals surface area (Å²) < 4.78 is 2.34. The highest BCUT2D eigenvalue weighted by Gasteiger charge is 2.03. The number of fused-ring (bicyclic) bond motifs is 1. The molecule has 0 fully saturated rings. The number of rotatable bonds is 6. The highest BCUT2D eigenvalue weighted by Crippen LogP contribution is 2.19. The molecule has 1 aromatic carbocycles. The zero-order chi connectivity index (χ0) is 13.0. The van der Waals surface area contributed by atoms with Crippen molar-refractivity contribution in [1.29, 1.82) is 0 Å². The zero-order valence-electron chi connectivity index (χ0n) is 11.6. The molecule has 0 saturated carbocycles. The van der Waals surface area contributed by atoms with Crippen molar-refractivity contribution in [3.05, 3.63) is 36.0 Å². The Balaban J connectivity index is 1.92. The summed E-state index contributed by atoms with van der Waals surface area (Å²) in [4.78, 5) is 2.20. The van der Waals surface area contributed by atoms with E-state index in [1.807, 2.05) is 0 Å². The van der Waals surface area contributed by atoms with Crippen LogP contribution in [0.1, 0.15) is 5.56 Å². The Kier molecular flexibility index (Phi) is 4.39. The molecule has 2 rings (SSSR count). The number of nitrogens with one attached hydrogen (secondary N) is 1. The molecule has 1 aromatic heterocycles. The monoisotopic (exact) mass is 245 g/mol. The molecule has 1 heterocycles. The van der Waals surface area contributed by atoms with Crippen LogP contribution in [0.3, 0.4) is 0 Å². The Morgan fingerprint density at radius 1 is 1.17 bits per heavy atom. The predicted molar refractivity (Wildman–Crippen MR) is 78.1 cm³/mol. The van der Waals surface area contributed by atoms with Gasteiger partial charge < -0.3 is 14.8 Å². The van der Waals surface area contributed by atoms with Crippen LogP contribution < -0.4 is 5.32 Å². The van der Waals surface area contributed by atoms with Gasteiger partial charge in [0.15, 0.2) is 0 Å². The normalized spacial score (nSPS) is 11.6. The highest BCUT2D eigenvalue weighted by molar-refractivity contribution is 5.83. The molecule has 2 aromatic rings. The largest absolute Gasteiger partial charge is 0.346 e. The van der Waals surface area contributed by atoms with Crippen LogP contribution in [0.2, 0.25) is 0 Å². The van der Waals surface area contributed by atoms with Crippen molar-refractivity contribution in [3.8, 4) is 0 Å². The molecule has 1 N–H and O–H groups in total. The summed E-state index contributed by atoms with van der Waals surface area (Å²) in [7, 11) is 4.20. The molecule has 0 aliphatic rings. The number of aryl methyl sites for hydroxylation is 1. The molecular formula is C15H23N3. The number of para-hydroxylation sites is 1. The summed E-state index contributed by atoms with van der Waals surface area (Å²) >= 11 is 0. The maximum absolute atomic E-state index is 3.48. The van der Waals surface area contributed by atoms with Gasteiger partial charge in [-0.1, -0.05) is 18.2 Å². The van der Waals surface area contributed by atoms with Gasteiger partial charge in [-0.15, -0.1) is 0 Å². The molecule has 18 heavy (non-hydrogen) atoms. The second-order valence-electron chi connectivity index (χ2n) is 5.08. The van der Waals surface area contributed by atoms with E-state index in [0.29, 0.717) is 0 Å². The summed E-state index contributed by atoms with van der Waals surface area (Å²) in [6, 6.07) is 8.61. The smallest absolute Gasteiger partial charge is 0.0483 e. The lowest BCUT2D eigenvalue weighted by molar-refractivity contribution is 0.398. The van der Waals surface area contributed by atoms with Crippen molar-refractivity contribution < 1.29 is 0 Å². The fraction of sp³-hybridized carbons (Fsp3) is 0.467. The Bertz CT molecular complexity index is 499. The van der Waals surface area contributed by atoms with E-state index >= 15 is 0 Å². The summed E-state index contributed by atoms with van der Waals surface area (Å²) in [6.07, 6.45) is 2.25. The van der Waals surface area contributed by atoms with Gasteiger partial charge in [-0.2, -0.15) is 0 Å². The number of hydrogen-bond donors (Lipinski definition) is 1. The van der Waals surface area contributed by atoms with E-state index in [9.17, 15) is 0 Å². The van der Waals surface area contributed by atoms with Gasteiger partial charge in [0.25, 0.3) is 0 Å².